The third-order valence-electron chi connectivity index (χ3n) is 7.93. The second kappa shape index (κ2) is 11.4. The number of aromatic nitrogens is 1. The SMILES string of the molecule is COc1ccc([C@H]2C3=C(N=c4s/c(=C\c5ccc(N=Nc6ccccc6)cc5O)c(=O)n42)c2ccccc2CC3)cc1OC. The average molecular weight is 601 g/mol. The fourth-order valence-electron chi connectivity index (χ4n) is 5.81. The number of hydrogen-bond donors (Lipinski definition) is 1. The Morgan fingerprint density at radius 2 is 1.66 bits per heavy atom. The lowest BCUT2D eigenvalue weighted by Crippen LogP contribution is -2.38. The Kier molecular flexibility index (Phi) is 7.15. The maximum Gasteiger partial charge on any atom is 0.271 e. The van der Waals surface area contributed by atoms with Crippen molar-refractivity contribution in [2.45, 2.75) is 18.9 Å². The van der Waals surface area contributed by atoms with Gasteiger partial charge in [-0.25, -0.2) is 4.99 Å². The number of rotatable bonds is 6. The first-order valence-electron chi connectivity index (χ1n) is 14.2. The van der Waals surface area contributed by atoms with Gasteiger partial charge in [0, 0.05) is 17.2 Å². The van der Waals surface area contributed by atoms with Crippen LogP contribution in [0.25, 0.3) is 11.8 Å². The number of methoxy groups -OCH3 is 2. The van der Waals surface area contributed by atoms with Crippen molar-refractivity contribution < 1.29 is 14.6 Å². The molecule has 0 saturated carbocycles. The molecule has 0 amide bonds. The third kappa shape index (κ3) is 4.91. The lowest BCUT2D eigenvalue weighted by atomic mass is 9.83. The molecule has 2 heterocycles. The van der Waals surface area contributed by atoms with Crippen LogP contribution in [-0.4, -0.2) is 23.9 Å². The summed E-state index contributed by atoms with van der Waals surface area (Å²) in [6.07, 6.45) is 3.35. The third-order valence-corrected chi connectivity index (χ3v) is 8.92. The van der Waals surface area contributed by atoms with Crippen LogP contribution in [0, 0.1) is 0 Å². The fourth-order valence-corrected chi connectivity index (χ4v) is 6.80. The van der Waals surface area contributed by atoms with E-state index in [0.29, 0.717) is 37.8 Å². The van der Waals surface area contributed by atoms with Crippen LogP contribution in [0.5, 0.6) is 17.2 Å². The molecule has 8 nitrogen and oxygen atoms in total. The number of thiazole rings is 1. The van der Waals surface area contributed by atoms with Crippen molar-refractivity contribution in [3.63, 3.8) is 0 Å². The van der Waals surface area contributed by atoms with Crippen molar-refractivity contribution >= 4 is 34.5 Å². The Balaban J connectivity index is 1.36. The lowest BCUT2D eigenvalue weighted by molar-refractivity contribution is 0.354. The molecule has 1 aliphatic carbocycles. The van der Waals surface area contributed by atoms with E-state index in [1.807, 2.05) is 60.7 Å². The monoisotopic (exact) mass is 600 g/mol. The van der Waals surface area contributed by atoms with Gasteiger partial charge in [-0.15, -0.1) is 0 Å². The molecule has 1 aliphatic heterocycles. The van der Waals surface area contributed by atoms with Crippen LogP contribution < -0.4 is 24.4 Å². The van der Waals surface area contributed by atoms with Gasteiger partial charge in [0.05, 0.1) is 41.9 Å². The van der Waals surface area contributed by atoms with E-state index in [-0.39, 0.29) is 17.4 Å². The van der Waals surface area contributed by atoms with Crippen molar-refractivity contribution in [1.29, 1.82) is 0 Å². The van der Waals surface area contributed by atoms with Gasteiger partial charge in [0.15, 0.2) is 16.3 Å². The van der Waals surface area contributed by atoms with Crippen LogP contribution in [0.4, 0.5) is 11.4 Å². The number of azo groups is 1. The maximum atomic E-state index is 14.1. The highest BCUT2D eigenvalue weighted by Crippen LogP contribution is 2.42. The topological polar surface area (TPSA) is 97.8 Å². The van der Waals surface area contributed by atoms with Crippen molar-refractivity contribution in [1.82, 2.24) is 4.57 Å². The summed E-state index contributed by atoms with van der Waals surface area (Å²) in [5, 5.41) is 19.3. The molecular weight excluding hydrogens is 572 g/mol. The first kappa shape index (κ1) is 27.5. The van der Waals surface area contributed by atoms with Crippen LogP contribution in [0.15, 0.2) is 117 Å². The highest BCUT2D eigenvalue weighted by atomic mass is 32.1. The second-order valence-corrected chi connectivity index (χ2v) is 11.5. The first-order valence-corrected chi connectivity index (χ1v) is 15.0. The predicted octanol–water partition coefficient (Wildman–Crippen LogP) is 6.46. The van der Waals surface area contributed by atoms with Gasteiger partial charge >= 0.3 is 0 Å². The summed E-state index contributed by atoms with van der Waals surface area (Å²) >= 11 is 1.31. The van der Waals surface area contributed by atoms with Crippen molar-refractivity contribution in [2.75, 3.05) is 14.2 Å². The summed E-state index contributed by atoms with van der Waals surface area (Å²) in [7, 11) is 3.21. The van der Waals surface area contributed by atoms with E-state index in [9.17, 15) is 9.90 Å². The number of ether oxygens (including phenoxy) is 2. The molecule has 1 aromatic heterocycles. The number of hydrogen-bond acceptors (Lipinski definition) is 8. The minimum atomic E-state index is -0.370. The van der Waals surface area contributed by atoms with E-state index in [4.69, 9.17) is 14.5 Å². The average Bonchev–Trinajstić information content (AvgIpc) is 3.37. The van der Waals surface area contributed by atoms with Crippen LogP contribution in [0.2, 0.25) is 0 Å². The zero-order valence-electron chi connectivity index (χ0n) is 24.1. The normalized spacial score (nSPS) is 15.9. The van der Waals surface area contributed by atoms with Crippen LogP contribution in [0.1, 0.15) is 34.7 Å². The summed E-state index contributed by atoms with van der Waals surface area (Å²) in [4.78, 5) is 19.8. The number of allylic oxidation sites excluding steroid dienone is 1. The number of aryl methyl sites for hydroxylation is 1. The Morgan fingerprint density at radius 3 is 2.45 bits per heavy atom. The predicted molar refractivity (Wildman–Crippen MR) is 171 cm³/mol. The molecular formula is C35H28N4O4S. The quantitative estimate of drug-likeness (QED) is 0.226. The molecule has 0 unspecified atom stereocenters. The van der Waals surface area contributed by atoms with E-state index >= 15 is 0 Å². The smallest absolute Gasteiger partial charge is 0.271 e. The van der Waals surface area contributed by atoms with Crippen molar-refractivity contribution in [3.05, 3.63) is 139 Å². The molecule has 9 heteroatoms. The Labute approximate surface area is 257 Å². The molecule has 1 N–H and O–H groups in total. The molecule has 0 radical (unpaired) electrons. The van der Waals surface area contributed by atoms with Gasteiger partial charge in [-0.1, -0.05) is 59.9 Å². The van der Waals surface area contributed by atoms with Gasteiger partial charge in [-0.2, -0.15) is 10.2 Å². The highest BCUT2D eigenvalue weighted by molar-refractivity contribution is 7.07. The number of fused-ring (bicyclic) bond motifs is 3. The molecule has 0 saturated heterocycles. The van der Waals surface area contributed by atoms with Crippen LogP contribution in [-0.2, 0) is 6.42 Å². The summed E-state index contributed by atoms with van der Waals surface area (Å²) in [6.45, 7) is 0. The summed E-state index contributed by atoms with van der Waals surface area (Å²) in [5.41, 5.74) is 6.80. The van der Waals surface area contributed by atoms with Gasteiger partial charge in [0.25, 0.3) is 5.56 Å². The molecule has 7 rings (SSSR count). The van der Waals surface area contributed by atoms with Crippen LogP contribution >= 0.6 is 11.3 Å². The number of aromatic hydroxyl groups is 1. The van der Waals surface area contributed by atoms with Crippen molar-refractivity contribution in [2.24, 2.45) is 15.2 Å². The summed E-state index contributed by atoms with van der Waals surface area (Å²) in [5.74, 6) is 1.22. The van der Waals surface area contributed by atoms with E-state index in [1.54, 1.807) is 37.0 Å². The van der Waals surface area contributed by atoms with Gasteiger partial charge in [-0.05, 0) is 72.0 Å². The first-order chi connectivity index (χ1) is 21.5. The molecule has 4 aromatic carbocycles. The number of phenolic OH excluding ortho intramolecular Hbond substituents is 1. The Morgan fingerprint density at radius 1 is 0.886 bits per heavy atom. The largest absolute Gasteiger partial charge is 0.507 e. The molecule has 218 valence electrons. The molecule has 2 aliphatic rings. The van der Waals surface area contributed by atoms with E-state index in [1.165, 1.54) is 23.0 Å². The molecule has 5 aromatic rings. The minimum absolute atomic E-state index is 0.00464. The zero-order chi connectivity index (χ0) is 30.2. The van der Waals surface area contributed by atoms with E-state index < -0.39 is 0 Å². The van der Waals surface area contributed by atoms with E-state index in [2.05, 4.69) is 22.4 Å². The van der Waals surface area contributed by atoms with Crippen LogP contribution in [0.3, 0.4) is 0 Å². The zero-order valence-corrected chi connectivity index (χ0v) is 24.9. The molecule has 0 bridgehead atoms. The summed E-state index contributed by atoms with van der Waals surface area (Å²) in [6, 6.07) is 28.1. The van der Waals surface area contributed by atoms with Gasteiger partial charge in [0.1, 0.15) is 5.75 Å². The fraction of sp³-hybridized carbons (Fsp3) is 0.143. The summed E-state index contributed by atoms with van der Waals surface area (Å²) < 4.78 is 13.4. The van der Waals surface area contributed by atoms with Gasteiger partial charge in [-0.3, -0.25) is 9.36 Å². The lowest BCUT2D eigenvalue weighted by Gasteiger charge is -2.31. The molecule has 1 atom stereocenters. The minimum Gasteiger partial charge on any atom is -0.507 e. The van der Waals surface area contributed by atoms with Gasteiger partial charge < -0.3 is 14.6 Å². The Hall–Kier alpha value is -5.28. The standard InChI is InChI=1S/C35H28N4O4S/c1-42-29-17-14-23(18-30(29)43-2)33-27-16-13-21-8-6-7-11-26(21)32(27)36-35-39(33)34(41)31(44-35)19-22-12-15-25(20-28(22)40)38-37-24-9-4-3-5-10-24/h3-12,14-15,17-20,33,40H,13,16H2,1-2H3/b31-19-,38-37?/t33-/m0/s1. The number of benzene rings is 4. The molecule has 0 spiro atoms. The maximum absolute atomic E-state index is 14.1. The second-order valence-electron chi connectivity index (χ2n) is 10.5. The molecule has 44 heavy (non-hydrogen) atoms. The van der Waals surface area contributed by atoms with Gasteiger partial charge in [0.2, 0.25) is 0 Å². The number of phenols is 1. The highest BCUT2D eigenvalue weighted by Gasteiger charge is 2.33. The number of nitrogens with zero attached hydrogens (tertiary/aromatic N) is 4. The van der Waals surface area contributed by atoms with Crippen molar-refractivity contribution in [3.8, 4) is 17.2 Å². The van der Waals surface area contributed by atoms with E-state index in [0.717, 1.165) is 35.2 Å². The molecule has 0 fully saturated rings. The Bertz CT molecular complexity index is 2150.